The first-order chi connectivity index (χ1) is 18.9. The van der Waals surface area contributed by atoms with Crippen molar-refractivity contribution in [2.75, 3.05) is 19.5 Å². The Morgan fingerprint density at radius 3 is 2.70 bits per heavy atom. The van der Waals surface area contributed by atoms with E-state index in [9.17, 15) is 19.3 Å². The van der Waals surface area contributed by atoms with Crippen LogP contribution in [0.25, 0.3) is 11.2 Å². The van der Waals surface area contributed by atoms with Crippen LogP contribution in [0.3, 0.4) is 0 Å². The molecule has 0 amide bonds. The molecule has 6 atom stereocenters. The number of hydrogen-bond donors (Lipinski definition) is 4. The van der Waals surface area contributed by atoms with Crippen molar-refractivity contribution in [2.24, 2.45) is 0 Å². The second-order valence-electron chi connectivity index (χ2n) is 9.20. The van der Waals surface area contributed by atoms with Gasteiger partial charge in [0.15, 0.2) is 23.6 Å². The van der Waals surface area contributed by atoms with Crippen molar-refractivity contribution in [2.45, 2.75) is 57.2 Å². The number of halogens is 1. The van der Waals surface area contributed by atoms with Crippen LogP contribution in [0.5, 0.6) is 5.75 Å². The molecular formula is C23H30FN6O9P. The molecule has 5 N–H and O–H groups in total. The van der Waals surface area contributed by atoms with Crippen molar-refractivity contribution in [3.63, 3.8) is 0 Å². The molecule has 2 aromatic heterocycles. The van der Waals surface area contributed by atoms with E-state index < -0.39 is 62.3 Å². The molecule has 40 heavy (non-hydrogen) atoms. The molecule has 1 unspecified atom stereocenters. The Labute approximate surface area is 227 Å². The van der Waals surface area contributed by atoms with Crippen LogP contribution in [0, 0.1) is 0 Å². The Balaban J connectivity index is 1.60. The third-order valence-corrected chi connectivity index (χ3v) is 7.50. The van der Waals surface area contributed by atoms with Gasteiger partial charge in [-0.25, -0.2) is 13.9 Å². The number of carbonyl (C=O) groups excluding carboxylic acids is 1. The predicted octanol–water partition coefficient (Wildman–Crippen LogP) is 1.41. The van der Waals surface area contributed by atoms with Gasteiger partial charge < -0.3 is 29.6 Å². The van der Waals surface area contributed by atoms with Crippen molar-refractivity contribution in [1.82, 2.24) is 24.6 Å². The number of methoxy groups -OCH3 is 1. The third-order valence-electron chi connectivity index (χ3n) is 5.88. The summed E-state index contributed by atoms with van der Waals surface area (Å²) in [6.45, 7) is 3.86. The fourth-order valence-corrected chi connectivity index (χ4v) is 5.44. The van der Waals surface area contributed by atoms with Crippen LogP contribution in [-0.2, 0) is 28.1 Å². The van der Waals surface area contributed by atoms with Gasteiger partial charge in [0.25, 0.3) is 5.56 Å². The summed E-state index contributed by atoms with van der Waals surface area (Å²) in [5.41, 5.74) is 4.71. The number of esters is 1. The van der Waals surface area contributed by atoms with Gasteiger partial charge in [0.05, 0.1) is 12.4 Å². The number of nitrogens with one attached hydrogen (secondary N) is 2. The average molecular weight is 584 g/mol. The highest BCUT2D eigenvalue weighted by molar-refractivity contribution is 7.52. The Morgan fingerprint density at radius 2 is 2.05 bits per heavy atom. The molecule has 0 saturated carbocycles. The number of aliphatic hydroxyl groups is 1. The molecule has 3 aromatic rings. The lowest BCUT2D eigenvalue weighted by Gasteiger charge is -2.32. The van der Waals surface area contributed by atoms with Crippen molar-refractivity contribution >= 4 is 30.8 Å². The minimum Gasteiger partial charge on any atom is -0.462 e. The highest BCUT2D eigenvalue weighted by atomic mass is 31.2. The normalized spacial score (nSPS) is 25.1. The van der Waals surface area contributed by atoms with Crippen LogP contribution in [0.15, 0.2) is 41.5 Å². The number of benzene rings is 1. The van der Waals surface area contributed by atoms with Crippen molar-refractivity contribution < 1.29 is 42.1 Å². The minimum atomic E-state index is -4.42. The topological polar surface area (TPSA) is 202 Å². The van der Waals surface area contributed by atoms with Gasteiger partial charge in [-0.3, -0.25) is 23.7 Å². The highest BCUT2D eigenvalue weighted by Crippen LogP contribution is 2.48. The largest absolute Gasteiger partial charge is 0.462 e. The first-order valence-electron chi connectivity index (χ1n) is 12.1. The monoisotopic (exact) mass is 584 g/mol. The summed E-state index contributed by atoms with van der Waals surface area (Å²) in [6.07, 6.45) is -5.07. The van der Waals surface area contributed by atoms with Crippen LogP contribution >= 0.6 is 7.75 Å². The third kappa shape index (κ3) is 6.01. The SMILES string of the molecule is CO[C@]1(COP(=O)(N[C@H](C)C(=O)OC(C)C)Oc2ccccc2)O[C@@H](n2cnc3c(=O)[nH]c(N)nc32)[C@H](F)[C@@H]1O. The summed E-state index contributed by atoms with van der Waals surface area (Å²) in [6, 6.07) is 6.79. The summed E-state index contributed by atoms with van der Waals surface area (Å²) in [4.78, 5) is 34.7. The summed E-state index contributed by atoms with van der Waals surface area (Å²) in [5, 5.41) is 13.3. The Bertz CT molecular complexity index is 1450. The maximum absolute atomic E-state index is 15.5. The number of nitrogens with two attached hydrogens (primary N) is 1. The van der Waals surface area contributed by atoms with E-state index in [1.165, 1.54) is 19.1 Å². The lowest BCUT2D eigenvalue weighted by atomic mass is 10.1. The molecule has 1 aliphatic heterocycles. The average Bonchev–Trinajstić information content (AvgIpc) is 3.42. The van der Waals surface area contributed by atoms with Crippen LogP contribution in [0.2, 0.25) is 0 Å². The molecule has 1 aliphatic rings. The van der Waals surface area contributed by atoms with Gasteiger partial charge in [-0.15, -0.1) is 0 Å². The van der Waals surface area contributed by atoms with E-state index in [0.29, 0.717) is 0 Å². The van der Waals surface area contributed by atoms with Gasteiger partial charge in [-0.1, -0.05) is 18.2 Å². The number of anilines is 1. The first-order valence-corrected chi connectivity index (χ1v) is 13.7. The first kappa shape index (κ1) is 29.6. The molecule has 218 valence electrons. The number of aromatic amines is 1. The minimum absolute atomic E-state index is 0.105. The fraction of sp³-hybridized carbons (Fsp3) is 0.478. The number of para-hydroxylation sites is 1. The van der Waals surface area contributed by atoms with E-state index in [4.69, 9.17) is 29.0 Å². The van der Waals surface area contributed by atoms with E-state index in [0.717, 1.165) is 18.0 Å². The van der Waals surface area contributed by atoms with Crippen molar-refractivity contribution in [1.29, 1.82) is 0 Å². The quantitative estimate of drug-likeness (QED) is 0.186. The molecule has 15 nitrogen and oxygen atoms in total. The van der Waals surface area contributed by atoms with Gasteiger partial charge in [0.2, 0.25) is 11.7 Å². The molecule has 3 heterocycles. The zero-order valence-electron chi connectivity index (χ0n) is 22.0. The zero-order chi connectivity index (χ0) is 29.2. The van der Waals surface area contributed by atoms with E-state index in [2.05, 4.69) is 20.0 Å². The number of alkyl halides is 1. The number of aliphatic hydroxyl groups excluding tert-OH is 1. The Hall–Kier alpha value is -3.40. The van der Waals surface area contributed by atoms with E-state index in [1.54, 1.807) is 32.0 Å². The highest BCUT2D eigenvalue weighted by Gasteiger charge is 2.58. The van der Waals surface area contributed by atoms with E-state index in [-0.39, 0.29) is 22.9 Å². The zero-order valence-corrected chi connectivity index (χ0v) is 22.9. The van der Waals surface area contributed by atoms with Gasteiger partial charge in [0, 0.05) is 7.11 Å². The van der Waals surface area contributed by atoms with Crippen molar-refractivity contribution in [3.05, 3.63) is 47.0 Å². The lowest BCUT2D eigenvalue weighted by Crippen LogP contribution is -2.48. The van der Waals surface area contributed by atoms with Crippen LogP contribution in [0.1, 0.15) is 27.0 Å². The van der Waals surface area contributed by atoms with Crippen LogP contribution in [0.4, 0.5) is 10.3 Å². The fourth-order valence-electron chi connectivity index (χ4n) is 3.93. The van der Waals surface area contributed by atoms with Gasteiger partial charge >= 0.3 is 13.7 Å². The van der Waals surface area contributed by atoms with Gasteiger partial charge in [0.1, 0.15) is 24.5 Å². The number of carbonyl (C=O) groups is 1. The second kappa shape index (κ2) is 11.6. The molecule has 1 saturated heterocycles. The summed E-state index contributed by atoms with van der Waals surface area (Å²) < 4.78 is 57.8. The summed E-state index contributed by atoms with van der Waals surface area (Å²) in [5.74, 6) is -3.06. The number of ether oxygens (including phenoxy) is 3. The molecule has 0 bridgehead atoms. The smallest absolute Gasteiger partial charge is 0.459 e. The molecule has 0 aliphatic carbocycles. The maximum atomic E-state index is 15.5. The van der Waals surface area contributed by atoms with E-state index >= 15 is 4.39 Å². The number of H-pyrrole nitrogens is 1. The number of hydrogen-bond acceptors (Lipinski definition) is 12. The standard InChI is InChI=1S/C23H30FN6O9P/c1-12(2)37-21(33)13(3)29-40(34,39-14-8-6-5-7-9-14)36-10-23(35-4)17(31)15(24)20(38-23)30-11-26-16-18(30)27-22(25)28-19(16)32/h5-9,11-13,15,17,20,31H,10H2,1-4H3,(H,29,34)(H3,25,27,28,32)/t13-,15-,17+,20-,23-,40?/m1/s1. The Morgan fingerprint density at radius 1 is 1.35 bits per heavy atom. The number of rotatable bonds is 11. The van der Waals surface area contributed by atoms with Crippen molar-refractivity contribution in [3.8, 4) is 5.75 Å². The molecule has 0 radical (unpaired) electrons. The van der Waals surface area contributed by atoms with Crippen LogP contribution in [-0.4, -0.2) is 74.5 Å². The van der Waals surface area contributed by atoms with Gasteiger partial charge in [-0.2, -0.15) is 10.1 Å². The number of nitrogen functional groups attached to an aromatic ring is 1. The predicted molar refractivity (Wildman–Crippen MR) is 138 cm³/mol. The Kier molecular flexibility index (Phi) is 8.58. The van der Waals surface area contributed by atoms with Gasteiger partial charge in [-0.05, 0) is 32.9 Å². The second-order valence-corrected chi connectivity index (χ2v) is 10.9. The van der Waals surface area contributed by atoms with Crippen LogP contribution < -0.4 is 20.9 Å². The van der Waals surface area contributed by atoms with E-state index in [1.807, 2.05) is 0 Å². The molecule has 1 fully saturated rings. The lowest BCUT2D eigenvalue weighted by molar-refractivity contribution is -0.266. The summed E-state index contributed by atoms with van der Waals surface area (Å²) >= 11 is 0. The molecular weight excluding hydrogens is 554 g/mol. The molecule has 0 spiro atoms. The summed E-state index contributed by atoms with van der Waals surface area (Å²) in [7, 11) is -3.30. The number of aromatic nitrogens is 4. The number of imidazole rings is 1. The molecule has 17 heteroatoms. The molecule has 4 rings (SSSR count). The number of fused-ring (bicyclic) bond motifs is 1. The maximum Gasteiger partial charge on any atom is 0.459 e. The number of nitrogens with zero attached hydrogens (tertiary/aromatic N) is 3. The molecule has 1 aromatic carbocycles.